The van der Waals surface area contributed by atoms with Gasteiger partial charge in [-0.25, -0.2) is 0 Å². The normalized spacial score (nSPS) is 13.1. The molecular formula is C12H16O4S. The van der Waals surface area contributed by atoms with E-state index in [0.29, 0.717) is 11.3 Å². The first-order chi connectivity index (χ1) is 7.88. The highest BCUT2D eigenvalue weighted by atomic mass is 32.2. The van der Waals surface area contributed by atoms with Gasteiger partial charge in [-0.2, -0.15) is 8.42 Å². The molecule has 1 atom stereocenters. The zero-order valence-electron chi connectivity index (χ0n) is 9.92. The SMILES string of the molecule is C=C(C)C(COc1ccccc1)OS(C)(=O)=O. The second-order valence-corrected chi connectivity index (χ2v) is 5.36. The maximum absolute atomic E-state index is 11.0. The molecule has 1 aromatic rings. The van der Waals surface area contributed by atoms with Crippen molar-refractivity contribution in [1.82, 2.24) is 0 Å². The first-order valence-corrected chi connectivity index (χ1v) is 6.91. The molecule has 0 radical (unpaired) electrons. The topological polar surface area (TPSA) is 52.6 Å². The summed E-state index contributed by atoms with van der Waals surface area (Å²) in [6, 6.07) is 9.12. The van der Waals surface area contributed by atoms with Gasteiger partial charge < -0.3 is 4.74 Å². The molecule has 1 aromatic carbocycles. The summed E-state index contributed by atoms with van der Waals surface area (Å²) in [6.45, 7) is 5.50. The van der Waals surface area contributed by atoms with Crippen LogP contribution in [-0.4, -0.2) is 27.4 Å². The van der Waals surface area contributed by atoms with Crippen molar-refractivity contribution in [3.63, 3.8) is 0 Å². The number of hydrogen-bond acceptors (Lipinski definition) is 4. The predicted octanol–water partition coefficient (Wildman–Crippen LogP) is 1.99. The molecule has 17 heavy (non-hydrogen) atoms. The van der Waals surface area contributed by atoms with Gasteiger partial charge in [0.25, 0.3) is 10.1 Å². The fourth-order valence-electron chi connectivity index (χ4n) is 1.15. The Bertz CT molecular complexity index is 465. The van der Waals surface area contributed by atoms with E-state index in [-0.39, 0.29) is 6.61 Å². The monoisotopic (exact) mass is 256 g/mol. The van der Waals surface area contributed by atoms with Gasteiger partial charge in [0.1, 0.15) is 18.5 Å². The molecule has 0 spiro atoms. The summed E-state index contributed by atoms with van der Waals surface area (Å²) in [5, 5.41) is 0. The van der Waals surface area contributed by atoms with Crippen molar-refractivity contribution in [3.05, 3.63) is 42.5 Å². The van der Waals surface area contributed by atoms with Crippen LogP contribution in [0.5, 0.6) is 5.75 Å². The third-order valence-corrected chi connectivity index (χ3v) is 2.57. The van der Waals surface area contributed by atoms with Crippen molar-refractivity contribution >= 4 is 10.1 Å². The molecule has 0 aliphatic rings. The van der Waals surface area contributed by atoms with Gasteiger partial charge >= 0.3 is 0 Å². The van der Waals surface area contributed by atoms with E-state index < -0.39 is 16.2 Å². The van der Waals surface area contributed by atoms with Crippen LogP contribution in [0.4, 0.5) is 0 Å². The maximum Gasteiger partial charge on any atom is 0.265 e. The molecule has 1 rings (SSSR count). The van der Waals surface area contributed by atoms with Gasteiger partial charge in [0.05, 0.1) is 6.26 Å². The Morgan fingerprint density at radius 3 is 2.41 bits per heavy atom. The van der Waals surface area contributed by atoms with Crippen molar-refractivity contribution < 1.29 is 17.3 Å². The quantitative estimate of drug-likeness (QED) is 0.577. The van der Waals surface area contributed by atoms with Gasteiger partial charge in [0.15, 0.2) is 0 Å². The van der Waals surface area contributed by atoms with Gasteiger partial charge in [-0.1, -0.05) is 24.8 Å². The van der Waals surface area contributed by atoms with Crippen molar-refractivity contribution in [3.8, 4) is 5.75 Å². The minimum Gasteiger partial charge on any atom is -0.490 e. The van der Waals surface area contributed by atoms with E-state index in [2.05, 4.69) is 6.58 Å². The summed E-state index contributed by atoms with van der Waals surface area (Å²) >= 11 is 0. The van der Waals surface area contributed by atoms with E-state index in [1.165, 1.54) is 0 Å². The third-order valence-electron chi connectivity index (χ3n) is 1.99. The van der Waals surface area contributed by atoms with E-state index in [0.717, 1.165) is 6.26 Å². The smallest absolute Gasteiger partial charge is 0.265 e. The number of benzene rings is 1. The molecule has 0 heterocycles. The minimum atomic E-state index is -3.51. The molecule has 0 saturated carbocycles. The number of para-hydroxylation sites is 1. The zero-order chi connectivity index (χ0) is 12.9. The van der Waals surface area contributed by atoms with Gasteiger partial charge in [-0.15, -0.1) is 0 Å². The molecule has 0 saturated heterocycles. The summed E-state index contributed by atoms with van der Waals surface area (Å²) < 4.78 is 32.4. The summed E-state index contributed by atoms with van der Waals surface area (Å²) in [5.41, 5.74) is 0.603. The Labute approximate surface area is 102 Å². The molecule has 4 nitrogen and oxygen atoms in total. The summed E-state index contributed by atoms with van der Waals surface area (Å²) in [6.07, 6.45) is 0.344. The van der Waals surface area contributed by atoms with E-state index in [4.69, 9.17) is 8.92 Å². The standard InChI is InChI=1S/C12H16O4S/c1-10(2)12(16-17(3,13)14)9-15-11-7-5-4-6-8-11/h4-8,12H,1,9H2,2-3H3. The van der Waals surface area contributed by atoms with Gasteiger partial charge in [0, 0.05) is 0 Å². The fourth-order valence-corrected chi connectivity index (χ4v) is 1.79. The van der Waals surface area contributed by atoms with Crippen LogP contribution in [0.2, 0.25) is 0 Å². The maximum atomic E-state index is 11.0. The molecule has 0 bridgehead atoms. The number of rotatable bonds is 6. The first kappa shape index (κ1) is 13.7. The average Bonchev–Trinajstić information content (AvgIpc) is 2.24. The Balaban J connectivity index is 2.60. The molecule has 94 valence electrons. The lowest BCUT2D eigenvalue weighted by atomic mass is 10.2. The molecule has 0 aromatic heterocycles. The van der Waals surface area contributed by atoms with Crippen LogP contribution in [0.3, 0.4) is 0 Å². The van der Waals surface area contributed by atoms with Crippen LogP contribution in [0.15, 0.2) is 42.5 Å². The van der Waals surface area contributed by atoms with Crippen LogP contribution in [0.25, 0.3) is 0 Å². The third kappa shape index (κ3) is 5.51. The molecular weight excluding hydrogens is 240 g/mol. The van der Waals surface area contributed by atoms with Gasteiger partial charge in [-0.05, 0) is 24.6 Å². The van der Waals surface area contributed by atoms with Crippen LogP contribution >= 0.6 is 0 Å². The van der Waals surface area contributed by atoms with E-state index in [1.54, 1.807) is 19.1 Å². The summed E-state index contributed by atoms with van der Waals surface area (Å²) in [5.74, 6) is 0.663. The molecule has 0 N–H and O–H groups in total. The number of hydrogen-bond donors (Lipinski definition) is 0. The Hall–Kier alpha value is -1.33. The van der Waals surface area contributed by atoms with Crippen molar-refractivity contribution in [2.75, 3.05) is 12.9 Å². The highest BCUT2D eigenvalue weighted by Gasteiger charge is 2.17. The molecule has 5 heteroatoms. The van der Waals surface area contributed by atoms with Crippen LogP contribution in [-0.2, 0) is 14.3 Å². The molecule has 0 aliphatic carbocycles. The second-order valence-electron chi connectivity index (χ2n) is 3.76. The predicted molar refractivity (Wildman–Crippen MR) is 66.5 cm³/mol. The van der Waals surface area contributed by atoms with E-state index in [9.17, 15) is 8.42 Å². The number of ether oxygens (including phenoxy) is 1. The van der Waals surface area contributed by atoms with Crippen molar-refractivity contribution in [2.45, 2.75) is 13.0 Å². The van der Waals surface area contributed by atoms with Gasteiger partial charge in [0.2, 0.25) is 0 Å². The molecule has 0 aliphatic heterocycles. The lowest BCUT2D eigenvalue weighted by Gasteiger charge is -2.16. The van der Waals surface area contributed by atoms with E-state index >= 15 is 0 Å². The van der Waals surface area contributed by atoms with Crippen LogP contribution in [0.1, 0.15) is 6.92 Å². The summed E-state index contributed by atoms with van der Waals surface area (Å²) in [7, 11) is -3.51. The molecule has 0 fully saturated rings. The lowest BCUT2D eigenvalue weighted by molar-refractivity contribution is 0.162. The minimum absolute atomic E-state index is 0.117. The van der Waals surface area contributed by atoms with Crippen molar-refractivity contribution in [1.29, 1.82) is 0 Å². The average molecular weight is 256 g/mol. The van der Waals surface area contributed by atoms with Crippen LogP contribution in [0, 0.1) is 0 Å². The summed E-state index contributed by atoms with van der Waals surface area (Å²) in [4.78, 5) is 0. The largest absolute Gasteiger partial charge is 0.490 e. The van der Waals surface area contributed by atoms with E-state index in [1.807, 2.05) is 18.2 Å². The molecule has 0 amide bonds. The Kier molecular flexibility index (Phi) is 4.72. The van der Waals surface area contributed by atoms with Crippen molar-refractivity contribution in [2.24, 2.45) is 0 Å². The lowest BCUT2D eigenvalue weighted by Crippen LogP contribution is -2.25. The van der Waals surface area contributed by atoms with Gasteiger partial charge in [-0.3, -0.25) is 4.18 Å². The Morgan fingerprint density at radius 1 is 1.35 bits per heavy atom. The zero-order valence-corrected chi connectivity index (χ0v) is 10.7. The first-order valence-electron chi connectivity index (χ1n) is 5.10. The highest BCUT2D eigenvalue weighted by Crippen LogP contribution is 2.13. The fraction of sp³-hybridized carbons (Fsp3) is 0.333. The highest BCUT2D eigenvalue weighted by molar-refractivity contribution is 7.86. The molecule has 1 unspecified atom stereocenters. The van der Waals surface area contributed by atoms with Crippen LogP contribution < -0.4 is 4.74 Å². The second kappa shape index (κ2) is 5.84. The Morgan fingerprint density at radius 2 is 1.94 bits per heavy atom.